The van der Waals surface area contributed by atoms with Crippen molar-refractivity contribution in [2.75, 3.05) is 0 Å². The predicted octanol–water partition coefficient (Wildman–Crippen LogP) is 3.56. The van der Waals surface area contributed by atoms with Gasteiger partial charge in [-0.1, -0.05) is 35.5 Å². The number of carbonyl (C=O) groups is 2. The lowest BCUT2D eigenvalue weighted by Crippen LogP contribution is -2.39. The maximum Gasteiger partial charge on any atom is 0.338 e. The SMILES string of the molecule is CC(C)NC(=O)[C@@H](C)OC(=O)c1ccc2noc(-c3ccccc3)c2c1. The molecule has 1 N–H and O–H groups in total. The zero-order valence-corrected chi connectivity index (χ0v) is 14.9. The van der Waals surface area contributed by atoms with Gasteiger partial charge in [0.25, 0.3) is 5.91 Å². The quantitative estimate of drug-likeness (QED) is 0.710. The third-order valence-corrected chi connectivity index (χ3v) is 3.83. The van der Waals surface area contributed by atoms with E-state index in [1.807, 2.05) is 44.2 Å². The van der Waals surface area contributed by atoms with Crippen molar-refractivity contribution in [3.63, 3.8) is 0 Å². The number of amides is 1. The third kappa shape index (κ3) is 3.74. The number of hydrogen-bond donors (Lipinski definition) is 1. The van der Waals surface area contributed by atoms with Crippen LogP contribution in [0.1, 0.15) is 31.1 Å². The summed E-state index contributed by atoms with van der Waals surface area (Å²) in [6.07, 6.45) is -0.878. The molecule has 1 aromatic heterocycles. The van der Waals surface area contributed by atoms with Crippen molar-refractivity contribution < 1.29 is 18.8 Å². The van der Waals surface area contributed by atoms with Crippen LogP contribution in [0, 0.1) is 0 Å². The van der Waals surface area contributed by atoms with Crippen LogP contribution in [0.4, 0.5) is 0 Å². The lowest BCUT2D eigenvalue weighted by atomic mass is 10.1. The summed E-state index contributed by atoms with van der Waals surface area (Å²) in [5.41, 5.74) is 1.85. The van der Waals surface area contributed by atoms with Gasteiger partial charge in [0.05, 0.1) is 10.9 Å². The van der Waals surface area contributed by atoms with E-state index in [0.717, 1.165) is 5.56 Å². The molecule has 0 aliphatic rings. The van der Waals surface area contributed by atoms with Crippen molar-refractivity contribution in [1.29, 1.82) is 0 Å². The largest absolute Gasteiger partial charge is 0.449 e. The van der Waals surface area contributed by atoms with Gasteiger partial charge in [-0.15, -0.1) is 0 Å². The molecule has 0 bridgehead atoms. The Bertz CT molecular complexity index is 931. The first-order valence-electron chi connectivity index (χ1n) is 8.42. The zero-order chi connectivity index (χ0) is 18.7. The highest BCUT2D eigenvalue weighted by molar-refractivity contribution is 5.99. The van der Waals surface area contributed by atoms with E-state index >= 15 is 0 Å². The summed E-state index contributed by atoms with van der Waals surface area (Å²) >= 11 is 0. The van der Waals surface area contributed by atoms with Gasteiger partial charge in [-0.2, -0.15) is 0 Å². The number of nitrogens with zero attached hydrogens (tertiary/aromatic N) is 1. The average molecular weight is 352 g/mol. The Morgan fingerprint density at radius 3 is 2.50 bits per heavy atom. The maximum atomic E-state index is 12.4. The summed E-state index contributed by atoms with van der Waals surface area (Å²) < 4.78 is 10.7. The van der Waals surface area contributed by atoms with Crippen LogP contribution in [0.3, 0.4) is 0 Å². The molecule has 2 aromatic carbocycles. The first-order chi connectivity index (χ1) is 12.5. The van der Waals surface area contributed by atoms with Gasteiger partial charge in [0.2, 0.25) is 0 Å². The van der Waals surface area contributed by atoms with Crippen LogP contribution >= 0.6 is 0 Å². The van der Waals surface area contributed by atoms with Crippen LogP contribution in [0.2, 0.25) is 0 Å². The fourth-order valence-corrected chi connectivity index (χ4v) is 2.55. The van der Waals surface area contributed by atoms with E-state index in [-0.39, 0.29) is 11.9 Å². The summed E-state index contributed by atoms with van der Waals surface area (Å²) in [6, 6.07) is 14.5. The summed E-state index contributed by atoms with van der Waals surface area (Å²) in [5.74, 6) is -0.316. The standard InChI is InChI=1S/C20H20N2O4/c1-12(2)21-19(23)13(3)25-20(24)15-9-10-17-16(11-15)18(26-22-17)14-7-5-4-6-8-14/h4-13H,1-3H3,(H,21,23)/t13-/m1/s1. The lowest BCUT2D eigenvalue weighted by molar-refractivity contribution is -0.129. The van der Waals surface area contributed by atoms with Gasteiger partial charge >= 0.3 is 5.97 Å². The van der Waals surface area contributed by atoms with Crippen LogP contribution in [-0.2, 0) is 9.53 Å². The van der Waals surface area contributed by atoms with Gasteiger partial charge in [0, 0.05) is 11.6 Å². The van der Waals surface area contributed by atoms with Crippen LogP contribution < -0.4 is 5.32 Å². The molecule has 6 heteroatoms. The van der Waals surface area contributed by atoms with E-state index in [0.29, 0.717) is 22.2 Å². The molecule has 134 valence electrons. The minimum atomic E-state index is -0.878. The van der Waals surface area contributed by atoms with Crippen LogP contribution in [0.25, 0.3) is 22.2 Å². The average Bonchev–Trinajstić information content (AvgIpc) is 3.04. The molecule has 0 saturated heterocycles. The second-order valence-corrected chi connectivity index (χ2v) is 6.32. The molecule has 0 aliphatic carbocycles. The van der Waals surface area contributed by atoms with Gasteiger partial charge in [-0.3, -0.25) is 4.79 Å². The topological polar surface area (TPSA) is 81.4 Å². The first kappa shape index (κ1) is 17.7. The summed E-state index contributed by atoms with van der Waals surface area (Å²) in [5, 5.41) is 7.45. The zero-order valence-electron chi connectivity index (χ0n) is 14.9. The van der Waals surface area contributed by atoms with E-state index < -0.39 is 12.1 Å². The van der Waals surface area contributed by atoms with E-state index in [9.17, 15) is 9.59 Å². The molecular weight excluding hydrogens is 332 g/mol. The van der Waals surface area contributed by atoms with Gasteiger partial charge in [-0.05, 0) is 39.0 Å². The molecule has 26 heavy (non-hydrogen) atoms. The monoisotopic (exact) mass is 352 g/mol. The number of fused-ring (bicyclic) bond motifs is 1. The number of ether oxygens (including phenoxy) is 1. The van der Waals surface area contributed by atoms with Crippen LogP contribution in [-0.4, -0.2) is 29.2 Å². The lowest BCUT2D eigenvalue weighted by Gasteiger charge is -2.15. The molecule has 0 fully saturated rings. The van der Waals surface area contributed by atoms with Crippen molar-refractivity contribution in [3.05, 3.63) is 54.1 Å². The Hall–Kier alpha value is -3.15. The fourth-order valence-electron chi connectivity index (χ4n) is 2.55. The van der Waals surface area contributed by atoms with Gasteiger partial charge < -0.3 is 14.6 Å². The Labute approximate surface area is 151 Å². The van der Waals surface area contributed by atoms with Crippen molar-refractivity contribution >= 4 is 22.8 Å². The minimum absolute atomic E-state index is 0.0227. The van der Waals surface area contributed by atoms with Crippen LogP contribution in [0.5, 0.6) is 0 Å². The predicted molar refractivity (Wildman–Crippen MR) is 97.6 cm³/mol. The van der Waals surface area contributed by atoms with E-state index in [1.54, 1.807) is 25.1 Å². The highest BCUT2D eigenvalue weighted by atomic mass is 16.5. The molecular formula is C20H20N2O4. The number of carbonyl (C=O) groups excluding carboxylic acids is 2. The second-order valence-electron chi connectivity index (χ2n) is 6.32. The normalized spacial score (nSPS) is 12.2. The first-order valence-corrected chi connectivity index (χ1v) is 8.42. The number of benzene rings is 2. The molecule has 0 aliphatic heterocycles. The fraction of sp³-hybridized carbons (Fsp3) is 0.250. The molecule has 1 amide bonds. The number of esters is 1. The highest BCUT2D eigenvalue weighted by Crippen LogP contribution is 2.29. The summed E-state index contributed by atoms with van der Waals surface area (Å²) in [4.78, 5) is 24.3. The molecule has 3 rings (SSSR count). The summed E-state index contributed by atoms with van der Waals surface area (Å²) in [7, 11) is 0. The molecule has 1 heterocycles. The number of nitrogens with one attached hydrogen (secondary N) is 1. The van der Waals surface area contributed by atoms with E-state index in [1.165, 1.54) is 0 Å². The van der Waals surface area contributed by atoms with Crippen LogP contribution in [0.15, 0.2) is 53.1 Å². The second kappa shape index (κ2) is 7.39. The van der Waals surface area contributed by atoms with Crippen molar-refractivity contribution in [1.82, 2.24) is 10.5 Å². The Kier molecular flexibility index (Phi) is 5.02. The highest BCUT2D eigenvalue weighted by Gasteiger charge is 2.20. The van der Waals surface area contributed by atoms with E-state index in [4.69, 9.17) is 9.26 Å². The van der Waals surface area contributed by atoms with Crippen molar-refractivity contribution in [2.45, 2.75) is 32.9 Å². The smallest absolute Gasteiger partial charge is 0.338 e. The molecule has 0 saturated carbocycles. The van der Waals surface area contributed by atoms with Gasteiger partial charge in [0.1, 0.15) is 5.52 Å². The van der Waals surface area contributed by atoms with Gasteiger partial charge in [0.15, 0.2) is 11.9 Å². The molecule has 0 spiro atoms. The van der Waals surface area contributed by atoms with Crippen molar-refractivity contribution in [3.8, 4) is 11.3 Å². The number of aromatic nitrogens is 1. The molecule has 0 radical (unpaired) electrons. The Morgan fingerprint density at radius 2 is 1.81 bits per heavy atom. The number of rotatable bonds is 5. The molecule has 1 atom stereocenters. The number of hydrogen-bond acceptors (Lipinski definition) is 5. The van der Waals surface area contributed by atoms with E-state index in [2.05, 4.69) is 10.5 Å². The molecule has 0 unspecified atom stereocenters. The Morgan fingerprint density at radius 1 is 1.08 bits per heavy atom. The van der Waals surface area contributed by atoms with Gasteiger partial charge in [-0.25, -0.2) is 4.79 Å². The Balaban J connectivity index is 1.84. The van der Waals surface area contributed by atoms with Crippen molar-refractivity contribution in [2.24, 2.45) is 0 Å². The molecule has 3 aromatic rings. The maximum absolute atomic E-state index is 12.4. The summed E-state index contributed by atoms with van der Waals surface area (Å²) in [6.45, 7) is 5.23. The molecule has 6 nitrogen and oxygen atoms in total. The minimum Gasteiger partial charge on any atom is -0.449 e. The third-order valence-electron chi connectivity index (χ3n) is 3.83.